The molecule has 0 atom stereocenters. The Balaban J connectivity index is 2.34. The van der Waals surface area contributed by atoms with Crippen LogP contribution in [-0.4, -0.2) is 30.4 Å². The van der Waals surface area contributed by atoms with Gasteiger partial charge in [0, 0.05) is 18.8 Å². The molecule has 0 unspecified atom stereocenters. The Labute approximate surface area is 103 Å². The van der Waals surface area contributed by atoms with Crippen LogP contribution in [0.4, 0.5) is 5.69 Å². The van der Waals surface area contributed by atoms with Crippen LogP contribution in [0.15, 0.2) is 24.3 Å². The summed E-state index contributed by atoms with van der Waals surface area (Å²) in [5.74, 6) is 0.214. The van der Waals surface area contributed by atoms with Crippen LogP contribution in [0.1, 0.15) is 25.8 Å². The Morgan fingerprint density at radius 1 is 1.18 bits per heavy atom. The van der Waals surface area contributed by atoms with E-state index in [0.717, 1.165) is 31.7 Å². The maximum absolute atomic E-state index is 12.2. The Hall–Kier alpha value is -1.35. The molecule has 1 aliphatic rings. The average molecular weight is 232 g/mol. The van der Waals surface area contributed by atoms with Gasteiger partial charge in [0.05, 0.1) is 6.54 Å². The minimum Gasteiger partial charge on any atom is -0.311 e. The van der Waals surface area contributed by atoms with Crippen molar-refractivity contribution in [3.05, 3.63) is 29.8 Å². The fourth-order valence-electron chi connectivity index (χ4n) is 2.44. The molecule has 0 fully saturated rings. The minimum absolute atomic E-state index is 0.214. The predicted molar refractivity (Wildman–Crippen MR) is 70.0 cm³/mol. The number of amides is 1. The smallest absolute Gasteiger partial charge is 0.241 e. The lowest BCUT2D eigenvalue weighted by Gasteiger charge is -2.20. The molecule has 1 heterocycles. The maximum Gasteiger partial charge on any atom is 0.241 e. The molecule has 0 aliphatic carbocycles. The number of anilines is 1. The van der Waals surface area contributed by atoms with Gasteiger partial charge in [-0.15, -0.1) is 0 Å². The second-order valence-corrected chi connectivity index (χ2v) is 4.48. The number of likely N-dealkylation sites (N-methyl/N-ethyl adjacent to an activating group) is 1. The number of para-hydroxylation sites is 1. The van der Waals surface area contributed by atoms with E-state index in [1.807, 2.05) is 30.0 Å². The third-order valence-corrected chi connectivity index (χ3v) is 3.19. The summed E-state index contributed by atoms with van der Waals surface area (Å²) in [6.07, 6.45) is 1.08. The van der Waals surface area contributed by atoms with Crippen LogP contribution in [0.5, 0.6) is 0 Å². The number of hydrogen-bond acceptors (Lipinski definition) is 2. The summed E-state index contributed by atoms with van der Waals surface area (Å²) >= 11 is 0. The molecular formula is C14H20N2O. The molecule has 1 aliphatic heterocycles. The van der Waals surface area contributed by atoms with Gasteiger partial charge in [0.1, 0.15) is 0 Å². The molecule has 0 N–H and O–H groups in total. The number of carbonyl (C=O) groups excluding carboxylic acids is 1. The molecule has 0 bridgehead atoms. The van der Waals surface area contributed by atoms with Crippen molar-refractivity contribution in [1.82, 2.24) is 4.90 Å². The third kappa shape index (κ3) is 2.50. The average Bonchev–Trinajstić information content (AvgIpc) is 2.45. The van der Waals surface area contributed by atoms with E-state index in [9.17, 15) is 4.79 Å². The molecule has 1 aromatic rings. The van der Waals surface area contributed by atoms with Gasteiger partial charge < -0.3 is 4.90 Å². The van der Waals surface area contributed by atoms with E-state index in [2.05, 4.69) is 17.9 Å². The highest BCUT2D eigenvalue weighted by Crippen LogP contribution is 2.25. The number of carbonyl (C=O) groups is 1. The van der Waals surface area contributed by atoms with Gasteiger partial charge in [0.15, 0.2) is 0 Å². The van der Waals surface area contributed by atoms with E-state index in [-0.39, 0.29) is 5.91 Å². The fraction of sp³-hybridized carbons (Fsp3) is 0.500. The first-order valence-corrected chi connectivity index (χ1v) is 6.36. The Kier molecular flexibility index (Phi) is 3.79. The minimum atomic E-state index is 0.214. The van der Waals surface area contributed by atoms with Gasteiger partial charge in [-0.1, -0.05) is 25.1 Å². The lowest BCUT2D eigenvalue weighted by Crippen LogP contribution is -2.37. The van der Waals surface area contributed by atoms with Crippen LogP contribution in [-0.2, 0) is 11.3 Å². The van der Waals surface area contributed by atoms with Gasteiger partial charge in [0.25, 0.3) is 0 Å². The summed E-state index contributed by atoms with van der Waals surface area (Å²) in [4.78, 5) is 16.3. The molecule has 0 saturated heterocycles. The second-order valence-electron chi connectivity index (χ2n) is 4.48. The van der Waals surface area contributed by atoms with Crippen molar-refractivity contribution in [3.8, 4) is 0 Å². The molecule has 3 nitrogen and oxygen atoms in total. The molecule has 1 aromatic carbocycles. The van der Waals surface area contributed by atoms with Crippen molar-refractivity contribution >= 4 is 11.6 Å². The van der Waals surface area contributed by atoms with Crippen LogP contribution in [0.25, 0.3) is 0 Å². The highest BCUT2D eigenvalue weighted by Gasteiger charge is 2.24. The summed E-state index contributed by atoms with van der Waals surface area (Å²) in [6.45, 7) is 7.33. The highest BCUT2D eigenvalue weighted by molar-refractivity contribution is 5.96. The lowest BCUT2D eigenvalue weighted by molar-refractivity contribution is -0.119. The van der Waals surface area contributed by atoms with E-state index in [4.69, 9.17) is 0 Å². The summed E-state index contributed by atoms with van der Waals surface area (Å²) in [5.41, 5.74) is 2.34. The van der Waals surface area contributed by atoms with Crippen molar-refractivity contribution in [2.75, 3.05) is 24.5 Å². The van der Waals surface area contributed by atoms with Gasteiger partial charge in [-0.3, -0.25) is 9.69 Å². The highest BCUT2D eigenvalue weighted by atomic mass is 16.2. The Bertz CT molecular complexity index is 403. The number of benzene rings is 1. The van der Waals surface area contributed by atoms with Gasteiger partial charge in [-0.2, -0.15) is 0 Å². The molecule has 0 aromatic heterocycles. The van der Waals surface area contributed by atoms with Gasteiger partial charge >= 0.3 is 0 Å². The van der Waals surface area contributed by atoms with E-state index in [1.54, 1.807) is 0 Å². The first kappa shape index (κ1) is 12.1. The van der Waals surface area contributed by atoms with Crippen molar-refractivity contribution in [3.63, 3.8) is 0 Å². The standard InChI is InChI=1S/C14H20N2O/c1-3-9-15-10-12-7-5-6-8-13(12)16(4-2)14(17)11-15/h5-8H,3-4,9-11H2,1-2H3. The monoisotopic (exact) mass is 232 g/mol. The molecule has 92 valence electrons. The Morgan fingerprint density at radius 2 is 1.94 bits per heavy atom. The zero-order valence-corrected chi connectivity index (χ0v) is 10.6. The molecule has 2 rings (SSSR count). The Morgan fingerprint density at radius 3 is 2.65 bits per heavy atom. The molecule has 17 heavy (non-hydrogen) atoms. The number of nitrogens with zero attached hydrogens (tertiary/aromatic N) is 2. The quantitative estimate of drug-likeness (QED) is 0.798. The van der Waals surface area contributed by atoms with E-state index in [1.165, 1.54) is 5.56 Å². The normalized spacial score (nSPS) is 16.8. The molecule has 3 heteroatoms. The molecule has 0 spiro atoms. The molecular weight excluding hydrogens is 212 g/mol. The topological polar surface area (TPSA) is 23.6 Å². The van der Waals surface area contributed by atoms with E-state index >= 15 is 0 Å². The van der Waals surface area contributed by atoms with Crippen LogP contribution in [0, 0.1) is 0 Å². The van der Waals surface area contributed by atoms with E-state index < -0.39 is 0 Å². The summed E-state index contributed by atoms with van der Waals surface area (Å²) < 4.78 is 0. The second kappa shape index (κ2) is 5.32. The zero-order valence-electron chi connectivity index (χ0n) is 10.6. The van der Waals surface area contributed by atoms with Gasteiger partial charge in [0.2, 0.25) is 5.91 Å². The molecule has 1 amide bonds. The molecule has 0 saturated carbocycles. The van der Waals surface area contributed by atoms with Crippen molar-refractivity contribution in [2.24, 2.45) is 0 Å². The van der Waals surface area contributed by atoms with Crippen LogP contribution in [0.3, 0.4) is 0 Å². The van der Waals surface area contributed by atoms with Crippen LogP contribution >= 0.6 is 0 Å². The van der Waals surface area contributed by atoms with Crippen molar-refractivity contribution in [1.29, 1.82) is 0 Å². The number of fused-ring (bicyclic) bond motifs is 1. The van der Waals surface area contributed by atoms with E-state index in [0.29, 0.717) is 6.54 Å². The zero-order chi connectivity index (χ0) is 12.3. The number of hydrogen-bond donors (Lipinski definition) is 0. The summed E-state index contributed by atoms with van der Waals surface area (Å²) in [6, 6.07) is 8.22. The predicted octanol–water partition coefficient (Wildman–Crippen LogP) is 2.27. The van der Waals surface area contributed by atoms with Crippen LogP contribution < -0.4 is 4.90 Å². The van der Waals surface area contributed by atoms with Gasteiger partial charge in [-0.25, -0.2) is 0 Å². The SMILES string of the molecule is CCCN1CC(=O)N(CC)c2ccccc2C1. The van der Waals surface area contributed by atoms with Crippen molar-refractivity contribution < 1.29 is 4.79 Å². The summed E-state index contributed by atoms with van der Waals surface area (Å²) in [5, 5.41) is 0. The first-order chi connectivity index (χ1) is 8.26. The summed E-state index contributed by atoms with van der Waals surface area (Å²) in [7, 11) is 0. The first-order valence-electron chi connectivity index (χ1n) is 6.36. The lowest BCUT2D eigenvalue weighted by atomic mass is 10.1. The number of rotatable bonds is 3. The maximum atomic E-state index is 12.2. The van der Waals surface area contributed by atoms with Gasteiger partial charge in [-0.05, 0) is 31.5 Å². The molecule has 0 radical (unpaired) electrons. The fourth-order valence-corrected chi connectivity index (χ4v) is 2.44. The third-order valence-electron chi connectivity index (χ3n) is 3.19. The van der Waals surface area contributed by atoms with Crippen LogP contribution in [0.2, 0.25) is 0 Å². The largest absolute Gasteiger partial charge is 0.311 e. The van der Waals surface area contributed by atoms with Crippen molar-refractivity contribution in [2.45, 2.75) is 26.8 Å².